The van der Waals surface area contributed by atoms with Crippen LogP contribution in [0.25, 0.3) is 0 Å². The Kier molecular flexibility index (Phi) is 5.13. The molecule has 0 radical (unpaired) electrons. The van der Waals surface area contributed by atoms with Gasteiger partial charge in [0.15, 0.2) is 5.56 Å². The summed E-state index contributed by atoms with van der Waals surface area (Å²) in [5.74, 6) is -0.269. The zero-order valence-electron chi connectivity index (χ0n) is 15.0. The molecule has 2 aromatic carbocycles. The number of aliphatic hydroxyl groups is 1. The molecule has 0 aromatic heterocycles. The Hall–Kier alpha value is -2.38. The molecular formula is C20H24N4O2S. The van der Waals surface area contributed by atoms with Gasteiger partial charge in [0.2, 0.25) is 5.91 Å². The first kappa shape index (κ1) is 18.0. The van der Waals surface area contributed by atoms with Crippen LogP contribution in [0.1, 0.15) is 12.8 Å². The van der Waals surface area contributed by atoms with Crippen LogP contribution in [-0.2, 0) is 4.79 Å². The molecule has 1 amide bonds. The average Bonchev–Trinajstić information content (AvgIpc) is 3.07. The first-order chi connectivity index (χ1) is 13.1. The van der Waals surface area contributed by atoms with Crippen molar-refractivity contribution in [2.45, 2.75) is 29.3 Å². The summed E-state index contributed by atoms with van der Waals surface area (Å²) in [6, 6.07) is 16.7. The molecule has 4 rings (SSSR count). The Labute approximate surface area is 163 Å². The second kappa shape index (κ2) is 7.70. The normalized spacial score (nSPS) is 21.7. The van der Waals surface area contributed by atoms with Gasteiger partial charge >= 0.3 is 0 Å². The number of nitrogens with one attached hydrogen (secondary N) is 1. The van der Waals surface area contributed by atoms with Crippen molar-refractivity contribution in [3.05, 3.63) is 48.5 Å². The van der Waals surface area contributed by atoms with Crippen molar-refractivity contribution in [3.63, 3.8) is 0 Å². The van der Waals surface area contributed by atoms with E-state index in [0.29, 0.717) is 12.8 Å². The van der Waals surface area contributed by atoms with E-state index in [0.717, 1.165) is 35.9 Å². The molecule has 0 aliphatic carbocycles. The molecule has 1 fully saturated rings. The predicted octanol–water partition coefficient (Wildman–Crippen LogP) is 2.44. The zero-order chi connectivity index (χ0) is 18.8. The lowest BCUT2D eigenvalue weighted by molar-refractivity contribution is -0.118. The average molecular weight is 385 g/mol. The molecule has 7 heteroatoms. The molecule has 2 aliphatic rings. The molecule has 2 aromatic rings. The number of amides is 1. The number of thioether (sulfide) groups is 1. The first-order valence-electron chi connectivity index (χ1n) is 9.21. The number of primary amides is 1. The van der Waals surface area contributed by atoms with E-state index in [2.05, 4.69) is 33.3 Å². The van der Waals surface area contributed by atoms with Crippen LogP contribution >= 0.6 is 11.8 Å². The number of nitrogens with zero attached hydrogens (tertiary/aromatic N) is 2. The summed E-state index contributed by atoms with van der Waals surface area (Å²) >= 11 is 1.42. The minimum atomic E-state index is -0.615. The van der Waals surface area contributed by atoms with E-state index in [-0.39, 0.29) is 11.9 Å². The van der Waals surface area contributed by atoms with Gasteiger partial charge in [0.1, 0.15) is 0 Å². The van der Waals surface area contributed by atoms with Crippen molar-refractivity contribution in [2.75, 3.05) is 34.8 Å². The number of hydrogen-bond donors (Lipinski definition) is 3. The fraction of sp³-hybridized carbons (Fsp3) is 0.350. The molecule has 2 heterocycles. The number of rotatable bonds is 5. The minimum Gasteiger partial charge on any atom is -0.370 e. The van der Waals surface area contributed by atoms with E-state index in [1.807, 2.05) is 30.3 Å². The Morgan fingerprint density at radius 2 is 2.00 bits per heavy atom. The van der Waals surface area contributed by atoms with Gasteiger partial charge in [-0.3, -0.25) is 4.79 Å². The molecule has 0 bridgehead atoms. The third-order valence-corrected chi connectivity index (χ3v) is 6.08. The number of carbonyl (C=O) groups is 1. The van der Waals surface area contributed by atoms with Gasteiger partial charge in [-0.05, 0) is 30.7 Å². The summed E-state index contributed by atoms with van der Waals surface area (Å²) in [4.78, 5) is 17.2. The van der Waals surface area contributed by atoms with Gasteiger partial charge in [-0.15, -0.1) is 0 Å². The van der Waals surface area contributed by atoms with Gasteiger partial charge < -0.3 is 26.0 Å². The van der Waals surface area contributed by atoms with Crippen LogP contribution in [0.3, 0.4) is 0 Å². The first-order valence-corrected chi connectivity index (χ1v) is 10.1. The smallest absolute Gasteiger partial charge is 0.217 e. The molecule has 2 unspecified atom stereocenters. The van der Waals surface area contributed by atoms with Gasteiger partial charge in [-0.25, -0.2) is 0 Å². The molecule has 2 atom stereocenters. The predicted molar refractivity (Wildman–Crippen MR) is 110 cm³/mol. The van der Waals surface area contributed by atoms with E-state index < -0.39 is 5.56 Å². The van der Waals surface area contributed by atoms with Crippen LogP contribution in [0.15, 0.2) is 53.4 Å². The summed E-state index contributed by atoms with van der Waals surface area (Å²) in [6.45, 7) is 2.57. The van der Waals surface area contributed by atoms with Crippen LogP contribution in [0.5, 0.6) is 0 Å². The lowest BCUT2D eigenvalue weighted by Gasteiger charge is -2.44. The number of piperazine rings is 1. The van der Waals surface area contributed by atoms with Crippen molar-refractivity contribution in [1.82, 2.24) is 0 Å². The molecule has 27 heavy (non-hydrogen) atoms. The van der Waals surface area contributed by atoms with Crippen molar-refractivity contribution < 1.29 is 9.90 Å². The Morgan fingerprint density at radius 1 is 1.19 bits per heavy atom. The monoisotopic (exact) mass is 384 g/mol. The molecule has 1 saturated heterocycles. The largest absolute Gasteiger partial charge is 0.370 e. The number of fused-ring (bicyclic) bond motifs is 1. The van der Waals surface area contributed by atoms with Gasteiger partial charge in [-0.2, -0.15) is 0 Å². The summed E-state index contributed by atoms with van der Waals surface area (Å²) in [5.41, 5.74) is 8.07. The maximum atomic E-state index is 11.4. The Bertz CT molecular complexity index is 817. The van der Waals surface area contributed by atoms with Crippen LogP contribution in [0.4, 0.5) is 17.1 Å². The zero-order valence-corrected chi connectivity index (χ0v) is 15.9. The van der Waals surface area contributed by atoms with Crippen LogP contribution in [0, 0.1) is 0 Å². The van der Waals surface area contributed by atoms with E-state index in [4.69, 9.17) is 5.73 Å². The number of nitrogens with two attached hydrogens (primary N) is 1. The van der Waals surface area contributed by atoms with E-state index in [1.165, 1.54) is 17.4 Å². The van der Waals surface area contributed by atoms with E-state index >= 15 is 0 Å². The van der Waals surface area contributed by atoms with Crippen molar-refractivity contribution >= 4 is 34.7 Å². The number of carbonyl (C=O) groups excluding carboxylic acids is 1. The summed E-state index contributed by atoms with van der Waals surface area (Å²) < 4.78 is 0. The topological polar surface area (TPSA) is 81.8 Å². The summed E-state index contributed by atoms with van der Waals surface area (Å²) in [7, 11) is 0. The summed E-state index contributed by atoms with van der Waals surface area (Å²) in [5, 5.41) is 13.1. The fourth-order valence-electron chi connectivity index (χ4n) is 3.88. The third-order valence-electron chi connectivity index (χ3n) is 5.15. The van der Waals surface area contributed by atoms with Gasteiger partial charge in [0.05, 0.1) is 11.4 Å². The fourth-order valence-corrected chi connectivity index (χ4v) is 4.73. The van der Waals surface area contributed by atoms with E-state index in [9.17, 15) is 9.90 Å². The maximum absolute atomic E-state index is 11.4. The van der Waals surface area contributed by atoms with Gasteiger partial charge in [0.25, 0.3) is 0 Å². The lowest BCUT2D eigenvalue weighted by atomic mass is 10.0. The molecule has 2 aliphatic heterocycles. The molecule has 142 valence electrons. The standard InChI is InChI=1S/C20H24N4O2S/c21-18(25)10-9-15-13-23(14-5-2-1-3-6-14)11-12-24(15)16-7-4-8-17-19(16)22-20(26)27-17/h1-8,15,20,22,26H,9-13H2,(H2,21,25). The highest BCUT2D eigenvalue weighted by atomic mass is 32.2. The van der Waals surface area contributed by atoms with Crippen LogP contribution < -0.4 is 20.9 Å². The van der Waals surface area contributed by atoms with Crippen molar-refractivity contribution in [1.29, 1.82) is 0 Å². The number of hydrogen-bond acceptors (Lipinski definition) is 6. The van der Waals surface area contributed by atoms with Gasteiger partial charge in [0, 0.05) is 42.7 Å². The molecular weight excluding hydrogens is 360 g/mol. The number of benzene rings is 2. The van der Waals surface area contributed by atoms with Crippen molar-refractivity contribution in [3.8, 4) is 0 Å². The third kappa shape index (κ3) is 3.84. The number of para-hydroxylation sites is 2. The Balaban J connectivity index is 1.60. The highest BCUT2D eigenvalue weighted by Gasteiger charge is 2.31. The SMILES string of the molecule is NC(=O)CCC1CN(c2ccccc2)CCN1c1cccc2c1NC(O)S2. The number of aliphatic hydroxyl groups excluding tert-OH is 1. The summed E-state index contributed by atoms with van der Waals surface area (Å²) in [6.07, 6.45) is 1.07. The lowest BCUT2D eigenvalue weighted by Crippen LogP contribution is -2.54. The highest BCUT2D eigenvalue weighted by molar-refractivity contribution is 8.00. The highest BCUT2D eigenvalue weighted by Crippen LogP contribution is 2.44. The molecule has 0 spiro atoms. The second-order valence-electron chi connectivity index (χ2n) is 6.90. The Morgan fingerprint density at radius 3 is 2.78 bits per heavy atom. The van der Waals surface area contributed by atoms with Crippen molar-refractivity contribution in [2.24, 2.45) is 5.73 Å². The minimum absolute atomic E-state index is 0.169. The molecule has 0 saturated carbocycles. The maximum Gasteiger partial charge on any atom is 0.217 e. The quantitative estimate of drug-likeness (QED) is 0.735. The second-order valence-corrected chi connectivity index (χ2v) is 8.02. The van der Waals surface area contributed by atoms with Crippen LogP contribution in [-0.4, -0.2) is 42.2 Å². The number of anilines is 3. The van der Waals surface area contributed by atoms with Crippen LogP contribution in [0.2, 0.25) is 0 Å². The van der Waals surface area contributed by atoms with E-state index in [1.54, 1.807) is 0 Å². The molecule has 4 N–H and O–H groups in total. The molecule has 6 nitrogen and oxygen atoms in total. The van der Waals surface area contributed by atoms with Gasteiger partial charge in [-0.1, -0.05) is 36.0 Å².